The van der Waals surface area contributed by atoms with Gasteiger partial charge in [-0.05, 0) is 36.1 Å². The molecule has 0 radical (unpaired) electrons. The van der Waals surface area contributed by atoms with Crippen LogP contribution in [0.3, 0.4) is 0 Å². The Labute approximate surface area is 119 Å². The van der Waals surface area contributed by atoms with Gasteiger partial charge in [0.1, 0.15) is 5.58 Å². The van der Waals surface area contributed by atoms with Gasteiger partial charge in [-0.25, -0.2) is 9.59 Å². The van der Waals surface area contributed by atoms with Crippen molar-refractivity contribution in [2.75, 3.05) is 7.11 Å². The zero-order valence-electron chi connectivity index (χ0n) is 11.4. The predicted molar refractivity (Wildman–Crippen MR) is 78.7 cm³/mol. The molecule has 1 aliphatic carbocycles. The van der Waals surface area contributed by atoms with Gasteiger partial charge in [0, 0.05) is 10.8 Å². The van der Waals surface area contributed by atoms with E-state index in [1.165, 1.54) is 7.11 Å². The van der Waals surface area contributed by atoms with Crippen LogP contribution in [-0.2, 0) is 17.6 Å². The molecular weight excluding hydrogens is 268 g/mol. The summed E-state index contributed by atoms with van der Waals surface area (Å²) < 4.78 is 10.2. The summed E-state index contributed by atoms with van der Waals surface area (Å²) in [5.74, 6) is -0.402. The maximum atomic E-state index is 12.2. The molecule has 3 aromatic rings. The largest absolute Gasteiger partial charge is 0.465 e. The van der Waals surface area contributed by atoms with Crippen LogP contribution in [0.25, 0.3) is 21.7 Å². The van der Waals surface area contributed by atoms with Crippen LogP contribution in [0, 0.1) is 0 Å². The zero-order valence-corrected chi connectivity index (χ0v) is 11.4. The summed E-state index contributed by atoms with van der Waals surface area (Å²) in [5, 5.41) is 2.28. The number of rotatable bonds is 1. The minimum Gasteiger partial charge on any atom is -0.465 e. The van der Waals surface area contributed by atoms with Crippen molar-refractivity contribution in [1.29, 1.82) is 0 Å². The van der Waals surface area contributed by atoms with Crippen LogP contribution < -0.4 is 5.63 Å². The zero-order chi connectivity index (χ0) is 14.6. The predicted octanol–water partition coefficient (Wildman–Crippen LogP) is 2.83. The number of para-hydroxylation sites is 1. The van der Waals surface area contributed by atoms with Gasteiger partial charge in [-0.15, -0.1) is 0 Å². The number of hydrogen-bond donors (Lipinski definition) is 0. The van der Waals surface area contributed by atoms with Crippen molar-refractivity contribution in [2.45, 2.75) is 12.8 Å². The molecule has 1 aliphatic rings. The number of aryl methyl sites for hydroxylation is 1. The number of ether oxygens (including phenoxy) is 1. The fourth-order valence-electron chi connectivity index (χ4n) is 3.09. The molecule has 0 aliphatic heterocycles. The van der Waals surface area contributed by atoms with Gasteiger partial charge >= 0.3 is 11.6 Å². The molecule has 0 saturated heterocycles. The van der Waals surface area contributed by atoms with E-state index in [0.29, 0.717) is 16.5 Å². The van der Waals surface area contributed by atoms with Crippen LogP contribution >= 0.6 is 0 Å². The van der Waals surface area contributed by atoms with Gasteiger partial charge in [-0.2, -0.15) is 0 Å². The lowest BCUT2D eigenvalue weighted by Crippen LogP contribution is -2.18. The van der Waals surface area contributed by atoms with E-state index < -0.39 is 11.6 Å². The molecule has 0 bridgehead atoms. The lowest BCUT2D eigenvalue weighted by Gasteiger charge is -2.24. The average molecular weight is 280 g/mol. The molecule has 104 valence electrons. The van der Waals surface area contributed by atoms with E-state index in [1.54, 1.807) is 12.1 Å². The van der Waals surface area contributed by atoms with Crippen molar-refractivity contribution in [3.63, 3.8) is 0 Å². The first-order valence-corrected chi connectivity index (χ1v) is 6.79. The minimum absolute atomic E-state index is 0.402. The van der Waals surface area contributed by atoms with Crippen molar-refractivity contribution < 1.29 is 13.9 Å². The first kappa shape index (κ1) is 12.1. The third kappa shape index (κ3) is 1.56. The molecule has 0 amide bonds. The molecule has 4 nitrogen and oxygen atoms in total. The fourth-order valence-corrected chi connectivity index (χ4v) is 3.09. The number of esters is 1. The highest BCUT2D eigenvalue weighted by Gasteiger charge is 2.27. The molecule has 21 heavy (non-hydrogen) atoms. The summed E-state index contributed by atoms with van der Waals surface area (Å²) >= 11 is 0. The smallest absolute Gasteiger partial charge is 0.344 e. The Hall–Kier alpha value is -2.62. The molecule has 1 heterocycles. The second-order valence-electron chi connectivity index (χ2n) is 5.18. The Morgan fingerprint density at radius 1 is 1.14 bits per heavy atom. The Balaban J connectivity index is 2.22. The average Bonchev–Trinajstić information content (AvgIpc) is 2.46. The highest BCUT2D eigenvalue weighted by molar-refractivity contribution is 6.10. The lowest BCUT2D eigenvalue weighted by molar-refractivity contribution is 0.0599. The normalized spacial score (nSPS) is 13.0. The van der Waals surface area contributed by atoms with Gasteiger partial charge in [-0.3, -0.25) is 0 Å². The van der Waals surface area contributed by atoms with E-state index in [9.17, 15) is 9.59 Å². The third-order valence-electron chi connectivity index (χ3n) is 4.16. The monoisotopic (exact) mass is 280 g/mol. The summed E-state index contributed by atoms with van der Waals surface area (Å²) in [5.41, 5.74) is 2.70. The van der Waals surface area contributed by atoms with Crippen molar-refractivity contribution in [2.24, 2.45) is 0 Å². The molecule has 0 spiro atoms. The molecule has 4 heteroatoms. The quantitative estimate of drug-likeness (QED) is 0.391. The summed E-state index contributed by atoms with van der Waals surface area (Å²) in [6.45, 7) is 0. The topological polar surface area (TPSA) is 56.5 Å². The van der Waals surface area contributed by atoms with E-state index in [-0.39, 0.29) is 0 Å². The third-order valence-corrected chi connectivity index (χ3v) is 4.16. The number of hydrogen-bond acceptors (Lipinski definition) is 4. The molecule has 4 rings (SSSR count). The number of fused-ring (bicyclic) bond motifs is 5. The number of benzene rings is 2. The Bertz CT molecular complexity index is 966. The van der Waals surface area contributed by atoms with Crippen LogP contribution in [0.1, 0.15) is 21.5 Å². The summed E-state index contributed by atoms with van der Waals surface area (Å²) in [4.78, 5) is 24.1. The van der Waals surface area contributed by atoms with Gasteiger partial charge in [0.05, 0.1) is 18.1 Å². The van der Waals surface area contributed by atoms with Crippen LogP contribution in [0.5, 0.6) is 0 Å². The second-order valence-corrected chi connectivity index (χ2v) is 5.18. The highest BCUT2D eigenvalue weighted by Crippen LogP contribution is 2.37. The molecule has 2 aromatic carbocycles. The molecule has 0 unspecified atom stereocenters. The maximum absolute atomic E-state index is 12.2. The van der Waals surface area contributed by atoms with Gasteiger partial charge in [0.15, 0.2) is 0 Å². The minimum atomic E-state index is -0.413. The molecule has 0 N–H and O–H groups in total. The van der Waals surface area contributed by atoms with Crippen molar-refractivity contribution in [3.05, 3.63) is 57.4 Å². The maximum Gasteiger partial charge on any atom is 0.344 e. The van der Waals surface area contributed by atoms with Crippen molar-refractivity contribution in [3.8, 4) is 0 Å². The Morgan fingerprint density at radius 2 is 1.90 bits per heavy atom. The fraction of sp³-hybridized carbons (Fsp3) is 0.176. The molecule has 1 aromatic heterocycles. The first-order chi connectivity index (χ1) is 10.2. The highest BCUT2D eigenvalue weighted by atomic mass is 16.5. The number of carbonyl (C=O) groups excluding carboxylic acids is 1. The first-order valence-electron chi connectivity index (χ1n) is 6.79. The van der Waals surface area contributed by atoms with Gasteiger partial charge in [-0.1, -0.05) is 18.2 Å². The van der Waals surface area contributed by atoms with E-state index >= 15 is 0 Å². The van der Waals surface area contributed by atoms with Crippen LogP contribution in [0.2, 0.25) is 0 Å². The standard InChI is InChI=1S/C17H12O4/c1-20-16(18)12-8-13-15(10-7-6-9(10)12)11-4-2-3-5-14(11)21-17(13)19/h2-5,8H,6-7H2,1H3. The lowest BCUT2D eigenvalue weighted by atomic mass is 9.80. The van der Waals surface area contributed by atoms with Crippen molar-refractivity contribution >= 4 is 27.7 Å². The van der Waals surface area contributed by atoms with E-state index in [4.69, 9.17) is 9.15 Å². The second kappa shape index (κ2) is 4.19. The summed E-state index contributed by atoms with van der Waals surface area (Å²) in [6, 6.07) is 9.09. The SMILES string of the molecule is COC(=O)c1cc2c(=O)oc3ccccc3c2c2c1CC2. The summed E-state index contributed by atoms with van der Waals surface area (Å²) in [7, 11) is 1.35. The van der Waals surface area contributed by atoms with Gasteiger partial charge in [0.2, 0.25) is 0 Å². The molecule has 0 fully saturated rings. The van der Waals surface area contributed by atoms with E-state index in [1.807, 2.05) is 18.2 Å². The summed E-state index contributed by atoms with van der Waals surface area (Å²) in [6.07, 6.45) is 1.70. The Morgan fingerprint density at radius 3 is 2.62 bits per heavy atom. The van der Waals surface area contributed by atoms with Crippen LogP contribution in [0.15, 0.2) is 39.5 Å². The van der Waals surface area contributed by atoms with Gasteiger partial charge in [0.25, 0.3) is 0 Å². The molecule has 0 atom stereocenters. The number of methoxy groups -OCH3 is 1. The van der Waals surface area contributed by atoms with Gasteiger partial charge < -0.3 is 9.15 Å². The van der Waals surface area contributed by atoms with E-state index in [0.717, 1.165) is 34.7 Å². The van der Waals surface area contributed by atoms with E-state index in [2.05, 4.69) is 0 Å². The molecular formula is C17H12O4. The number of carbonyl (C=O) groups is 1. The van der Waals surface area contributed by atoms with Crippen LogP contribution in [-0.4, -0.2) is 13.1 Å². The van der Waals surface area contributed by atoms with Crippen molar-refractivity contribution in [1.82, 2.24) is 0 Å². The molecule has 0 saturated carbocycles. The van der Waals surface area contributed by atoms with Crippen LogP contribution in [0.4, 0.5) is 0 Å². The Kier molecular flexibility index (Phi) is 2.42.